The van der Waals surface area contributed by atoms with Gasteiger partial charge >= 0.3 is 0 Å². The van der Waals surface area contributed by atoms with Gasteiger partial charge in [0.25, 0.3) is 6.43 Å². The van der Waals surface area contributed by atoms with E-state index < -0.39 is 6.43 Å². The molecule has 0 saturated heterocycles. The summed E-state index contributed by atoms with van der Waals surface area (Å²) in [5, 5.41) is 8.92. The molecule has 0 saturated carbocycles. The topological polar surface area (TPSA) is 48.8 Å². The molecule has 6 heteroatoms. The molecule has 1 aromatic carbocycles. The summed E-state index contributed by atoms with van der Waals surface area (Å²) in [5.74, 6) is 0.531. The van der Waals surface area contributed by atoms with Gasteiger partial charge in [-0.3, -0.25) is 0 Å². The molecule has 0 atom stereocenters. The number of alkyl halides is 2. The number of rotatable bonds is 3. The summed E-state index contributed by atoms with van der Waals surface area (Å²) in [6.07, 6.45) is -2.77. The molecule has 0 bridgehead atoms. The lowest BCUT2D eigenvalue weighted by molar-refractivity contribution is 0.151. The Labute approximate surface area is 119 Å². The van der Waals surface area contributed by atoms with Gasteiger partial charge in [-0.1, -0.05) is 24.4 Å². The number of hydrogen-bond acceptors (Lipinski definition) is 3. The van der Waals surface area contributed by atoms with Crippen LogP contribution in [0.5, 0.6) is 5.75 Å². The molecule has 2 rings (SSSR count). The SMILES string of the molecule is COc1ccccc1-c1cc(C(F)F)c(C#N)c(=S)[nH]1. The number of halogens is 2. The monoisotopic (exact) mass is 292 g/mol. The van der Waals surface area contributed by atoms with Crippen molar-refractivity contribution in [3.05, 3.63) is 46.1 Å². The number of nitriles is 1. The van der Waals surface area contributed by atoms with Gasteiger partial charge in [-0.15, -0.1) is 0 Å². The molecule has 0 spiro atoms. The minimum absolute atomic E-state index is 0.00814. The zero-order valence-corrected chi connectivity index (χ0v) is 11.3. The van der Waals surface area contributed by atoms with Gasteiger partial charge in [0.05, 0.1) is 18.4 Å². The summed E-state index contributed by atoms with van der Waals surface area (Å²) in [5.41, 5.74) is 0.417. The van der Waals surface area contributed by atoms with Crippen molar-refractivity contribution in [3.8, 4) is 23.1 Å². The fourth-order valence-electron chi connectivity index (χ4n) is 1.88. The molecular weight excluding hydrogens is 282 g/mol. The Morgan fingerprint density at radius 2 is 2.05 bits per heavy atom. The summed E-state index contributed by atoms with van der Waals surface area (Å²) < 4.78 is 31.2. The number of ether oxygens (including phenoxy) is 1. The van der Waals surface area contributed by atoms with Crippen LogP contribution in [0.25, 0.3) is 11.3 Å². The number of benzene rings is 1. The second-order valence-electron chi connectivity index (χ2n) is 3.96. The molecule has 3 nitrogen and oxygen atoms in total. The summed E-state index contributed by atoms with van der Waals surface area (Å²) in [4.78, 5) is 2.79. The van der Waals surface area contributed by atoms with Gasteiger partial charge in [0.1, 0.15) is 16.5 Å². The second-order valence-corrected chi connectivity index (χ2v) is 4.36. The Hall–Kier alpha value is -2.26. The molecular formula is C14H10F2N2OS. The molecule has 20 heavy (non-hydrogen) atoms. The van der Waals surface area contributed by atoms with Crippen LogP contribution in [-0.4, -0.2) is 12.1 Å². The summed E-state index contributed by atoms with van der Waals surface area (Å²) in [6.45, 7) is 0. The highest BCUT2D eigenvalue weighted by molar-refractivity contribution is 7.71. The first-order valence-electron chi connectivity index (χ1n) is 5.67. The van der Waals surface area contributed by atoms with E-state index in [-0.39, 0.29) is 15.8 Å². The van der Waals surface area contributed by atoms with E-state index in [1.807, 2.05) is 0 Å². The first-order chi connectivity index (χ1) is 9.58. The number of aromatic nitrogens is 1. The maximum Gasteiger partial charge on any atom is 0.265 e. The normalized spacial score (nSPS) is 10.3. The maximum absolute atomic E-state index is 13.0. The fraction of sp³-hybridized carbons (Fsp3) is 0.143. The van der Waals surface area contributed by atoms with Gasteiger partial charge in [-0.05, 0) is 18.2 Å². The number of nitrogens with zero attached hydrogens (tertiary/aromatic N) is 1. The Morgan fingerprint density at radius 3 is 2.65 bits per heavy atom. The van der Waals surface area contributed by atoms with E-state index in [2.05, 4.69) is 4.98 Å². The quantitative estimate of drug-likeness (QED) is 0.861. The smallest absolute Gasteiger partial charge is 0.265 e. The minimum Gasteiger partial charge on any atom is -0.496 e. The van der Waals surface area contributed by atoms with Crippen LogP contribution >= 0.6 is 12.2 Å². The van der Waals surface area contributed by atoms with Crippen molar-refractivity contribution in [2.75, 3.05) is 7.11 Å². The number of para-hydroxylation sites is 1. The Kier molecular flexibility index (Phi) is 4.11. The van der Waals surface area contributed by atoms with Crippen molar-refractivity contribution in [2.45, 2.75) is 6.43 Å². The van der Waals surface area contributed by atoms with Crippen LogP contribution in [0, 0.1) is 16.0 Å². The predicted molar refractivity (Wildman–Crippen MR) is 73.3 cm³/mol. The second kappa shape index (κ2) is 5.80. The van der Waals surface area contributed by atoms with E-state index in [1.54, 1.807) is 30.3 Å². The van der Waals surface area contributed by atoms with Gasteiger partial charge in [0.2, 0.25) is 0 Å². The Balaban J connectivity index is 2.71. The van der Waals surface area contributed by atoms with Crippen LogP contribution in [0.2, 0.25) is 0 Å². The zero-order chi connectivity index (χ0) is 14.7. The van der Waals surface area contributed by atoms with Crippen molar-refractivity contribution >= 4 is 12.2 Å². The van der Waals surface area contributed by atoms with Gasteiger partial charge in [-0.25, -0.2) is 8.78 Å². The van der Waals surface area contributed by atoms with Crippen LogP contribution in [-0.2, 0) is 0 Å². The highest BCUT2D eigenvalue weighted by Gasteiger charge is 2.17. The maximum atomic E-state index is 13.0. The third-order valence-electron chi connectivity index (χ3n) is 2.81. The number of nitrogens with one attached hydrogen (secondary N) is 1. The van der Waals surface area contributed by atoms with Crippen LogP contribution < -0.4 is 4.74 Å². The molecule has 0 radical (unpaired) electrons. The molecule has 1 heterocycles. The van der Waals surface area contributed by atoms with Crippen LogP contribution in [0.4, 0.5) is 8.78 Å². The molecule has 0 aliphatic heterocycles. The molecule has 0 aliphatic carbocycles. The molecule has 1 N–H and O–H groups in total. The minimum atomic E-state index is -2.77. The van der Waals surface area contributed by atoms with Crippen molar-refractivity contribution in [1.29, 1.82) is 5.26 Å². The highest BCUT2D eigenvalue weighted by Crippen LogP contribution is 2.32. The number of H-pyrrole nitrogens is 1. The largest absolute Gasteiger partial charge is 0.496 e. The predicted octanol–water partition coefficient (Wildman–Crippen LogP) is 4.23. The fourth-order valence-corrected chi connectivity index (χ4v) is 2.15. The van der Waals surface area contributed by atoms with E-state index in [4.69, 9.17) is 22.2 Å². The van der Waals surface area contributed by atoms with Crippen molar-refractivity contribution in [1.82, 2.24) is 4.98 Å². The van der Waals surface area contributed by atoms with Crippen molar-refractivity contribution in [3.63, 3.8) is 0 Å². The van der Waals surface area contributed by atoms with E-state index in [0.717, 1.165) is 0 Å². The highest BCUT2D eigenvalue weighted by atomic mass is 32.1. The van der Waals surface area contributed by atoms with Crippen LogP contribution in [0.1, 0.15) is 17.6 Å². The third-order valence-corrected chi connectivity index (χ3v) is 3.11. The molecule has 2 aromatic rings. The lowest BCUT2D eigenvalue weighted by atomic mass is 10.1. The van der Waals surface area contributed by atoms with Crippen LogP contribution in [0.3, 0.4) is 0 Å². The average molecular weight is 292 g/mol. The lowest BCUT2D eigenvalue weighted by Crippen LogP contribution is -1.98. The Morgan fingerprint density at radius 1 is 1.35 bits per heavy atom. The summed E-state index contributed by atoms with van der Waals surface area (Å²) in [6, 6.07) is 9.91. The molecule has 0 aliphatic rings. The number of aromatic amines is 1. The molecule has 0 amide bonds. The van der Waals surface area contributed by atoms with Crippen molar-refractivity contribution < 1.29 is 13.5 Å². The summed E-state index contributed by atoms with van der Waals surface area (Å²) in [7, 11) is 1.49. The molecule has 0 fully saturated rings. The number of hydrogen-bond donors (Lipinski definition) is 1. The molecule has 1 aromatic heterocycles. The van der Waals surface area contributed by atoms with E-state index >= 15 is 0 Å². The van der Waals surface area contributed by atoms with Crippen molar-refractivity contribution in [2.24, 2.45) is 0 Å². The zero-order valence-electron chi connectivity index (χ0n) is 10.5. The number of methoxy groups -OCH3 is 1. The first kappa shape index (κ1) is 14.2. The van der Waals surface area contributed by atoms with E-state index in [1.165, 1.54) is 13.2 Å². The first-order valence-corrected chi connectivity index (χ1v) is 6.08. The standard InChI is InChI=1S/C14H10F2N2OS/c1-19-12-5-3-2-4-8(12)11-6-9(13(15)16)10(7-17)14(20)18-11/h2-6,13H,1H3,(H,18,20). The van der Waals surface area contributed by atoms with E-state index in [0.29, 0.717) is 17.0 Å². The van der Waals surface area contributed by atoms with Gasteiger partial charge in [0.15, 0.2) is 0 Å². The van der Waals surface area contributed by atoms with E-state index in [9.17, 15) is 8.78 Å². The van der Waals surface area contributed by atoms with Crippen LogP contribution in [0.15, 0.2) is 30.3 Å². The molecule has 0 unspecified atom stereocenters. The third kappa shape index (κ3) is 2.53. The lowest BCUT2D eigenvalue weighted by Gasteiger charge is -2.11. The Bertz CT molecular complexity index is 735. The molecule has 102 valence electrons. The number of pyridine rings is 1. The van der Waals surface area contributed by atoms with Gasteiger partial charge < -0.3 is 9.72 Å². The summed E-state index contributed by atoms with van der Waals surface area (Å²) >= 11 is 4.97. The van der Waals surface area contributed by atoms with Gasteiger partial charge in [0, 0.05) is 11.1 Å². The average Bonchev–Trinajstić information content (AvgIpc) is 2.46. The van der Waals surface area contributed by atoms with Gasteiger partial charge in [-0.2, -0.15) is 5.26 Å².